The van der Waals surface area contributed by atoms with Crippen LogP contribution in [0.2, 0.25) is 0 Å². The van der Waals surface area contributed by atoms with Gasteiger partial charge >= 0.3 is 6.01 Å². The third-order valence-corrected chi connectivity index (χ3v) is 6.67. The fraction of sp³-hybridized carbons (Fsp3) is 0.522. The van der Waals surface area contributed by atoms with Crippen LogP contribution in [0.5, 0.6) is 6.01 Å². The number of aryl methyl sites for hydroxylation is 1. The number of likely N-dealkylation sites (tertiary alicyclic amines) is 1. The summed E-state index contributed by atoms with van der Waals surface area (Å²) in [5, 5.41) is 15.5. The minimum atomic E-state index is -0.895. The predicted octanol–water partition coefficient (Wildman–Crippen LogP) is 2.46. The third-order valence-electron chi connectivity index (χ3n) is 6.67. The van der Waals surface area contributed by atoms with Crippen LogP contribution < -0.4 is 9.64 Å². The Morgan fingerprint density at radius 3 is 2.62 bits per heavy atom. The summed E-state index contributed by atoms with van der Waals surface area (Å²) in [5.41, 5.74) is 3.00. The molecule has 0 bridgehead atoms. The van der Waals surface area contributed by atoms with Crippen LogP contribution in [-0.4, -0.2) is 82.4 Å². The van der Waals surface area contributed by atoms with Gasteiger partial charge < -0.3 is 19.6 Å². The van der Waals surface area contributed by atoms with E-state index < -0.39 is 6.17 Å². The fourth-order valence-corrected chi connectivity index (χ4v) is 4.91. The van der Waals surface area contributed by atoms with E-state index in [1.165, 1.54) is 7.11 Å². The lowest BCUT2D eigenvalue weighted by atomic mass is 9.85. The highest BCUT2D eigenvalue weighted by Gasteiger charge is 2.30. The predicted molar refractivity (Wildman–Crippen MR) is 121 cm³/mol. The van der Waals surface area contributed by atoms with E-state index in [4.69, 9.17) is 4.74 Å². The van der Waals surface area contributed by atoms with Crippen LogP contribution in [0.15, 0.2) is 24.4 Å². The van der Waals surface area contributed by atoms with Crippen molar-refractivity contribution in [3.05, 3.63) is 35.5 Å². The number of aliphatic hydroxyl groups excluding tert-OH is 1. The number of aromatic nitrogens is 4. The van der Waals surface area contributed by atoms with Crippen LogP contribution in [-0.2, 0) is 0 Å². The minimum Gasteiger partial charge on any atom is -0.467 e. The minimum absolute atomic E-state index is 0.125. The Morgan fingerprint density at radius 1 is 1.09 bits per heavy atom. The summed E-state index contributed by atoms with van der Waals surface area (Å²) in [6, 6.07) is 6.25. The van der Waals surface area contributed by atoms with E-state index in [1.807, 2.05) is 36.0 Å². The quantitative estimate of drug-likeness (QED) is 0.668. The van der Waals surface area contributed by atoms with Crippen molar-refractivity contribution in [3.8, 4) is 11.8 Å². The molecule has 3 aromatic rings. The maximum absolute atomic E-state index is 14.9. The number of halogens is 1. The van der Waals surface area contributed by atoms with Crippen molar-refractivity contribution in [3.63, 3.8) is 0 Å². The summed E-state index contributed by atoms with van der Waals surface area (Å²) in [4.78, 5) is 13.1. The van der Waals surface area contributed by atoms with Gasteiger partial charge in [-0.1, -0.05) is 0 Å². The maximum Gasteiger partial charge on any atom is 0.320 e. The maximum atomic E-state index is 14.9. The van der Waals surface area contributed by atoms with Gasteiger partial charge in [0, 0.05) is 37.0 Å². The molecule has 0 aliphatic carbocycles. The van der Waals surface area contributed by atoms with Crippen LogP contribution in [0.3, 0.4) is 0 Å². The van der Waals surface area contributed by atoms with Gasteiger partial charge in [-0.3, -0.25) is 0 Å². The Morgan fingerprint density at radius 2 is 1.91 bits per heavy atom. The molecule has 2 aliphatic heterocycles. The van der Waals surface area contributed by atoms with Crippen LogP contribution >= 0.6 is 0 Å². The van der Waals surface area contributed by atoms with Crippen molar-refractivity contribution < 1.29 is 14.2 Å². The van der Waals surface area contributed by atoms with Gasteiger partial charge in [-0.05, 0) is 56.6 Å². The summed E-state index contributed by atoms with van der Waals surface area (Å²) in [5.74, 6) is 1.15. The molecule has 32 heavy (non-hydrogen) atoms. The first-order chi connectivity index (χ1) is 15.4. The number of β-amino-alcohol motifs (C(OH)–C–C–N with tert-alkyl or cyclic N) is 1. The van der Waals surface area contributed by atoms with Crippen molar-refractivity contribution in [2.75, 3.05) is 45.2 Å². The van der Waals surface area contributed by atoms with Crippen molar-refractivity contribution in [2.45, 2.75) is 38.0 Å². The van der Waals surface area contributed by atoms with E-state index in [9.17, 15) is 9.50 Å². The molecule has 2 aromatic heterocycles. The Bertz CT molecular complexity index is 1140. The SMILES string of the molecule is COc1nc(N2CCC(O)C2)cc(-n2ncc3cc(C)c([C@@H]4CCN(C)C[C@H]4F)cc32)n1. The number of fused-ring (bicyclic) bond motifs is 1. The number of hydrogen-bond donors (Lipinski definition) is 1. The summed E-state index contributed by atoms with van der Waals surface area (Å²) in [7, 11) is 3.50. The Kier molecular flexibility index (Phi) is 5.46. The normalized spacial score (nSPS) is 24.4. The largest absolute Gasteiger partial charge is 0.467 e. The monoisotopic (exact) mass is 440 g/mol. The molecule has 1 N–H and O–H groups in total. The molecule has 9 heteroatoms. The molecule has 0 saturated carbocycles. The number of piperidine rings is 1. The summed E-state index contributed by atoms with van der Waals surface area (Å²) in [6.07, 6.45) is 2.05. The van der Waals surface area contributed by atoms with Crippen molar-refractivity contribution in [1.29, 1.82) is 0 Å². The Hall–Kier alpha value is -2.78. The highest BCUT2D eigenvalue weighted by atomic mass is 19.1. The first-order valence-electron chi connectivity index (χ1n) is 11.1. The first-order valence-corrected chi connectivity index (χ1v) is 11.1. The van der Waals surface area contributed by atoms with Crippen molar-refractivity contribution in [2.24, 2.45) is 0 Å². The number of anilines is 1. The van der Waals surface area contributed by atoms with Gasteiger partial charge in [-0.25, -0.2) is 9.07 Å². The van der Waals surface area contributed by atoms with Gasteiger partial charge in [0.15, 0.2) is 5.82 Å². The highest BCUT2D eigenvalue weighted by Crippen LogP contribution is 2.35. The van der Waals surface area contributed by atoms with Crippen LogP contribution in [0.25, 0.3) is 16.7 Å². The molecule has 2 aliphatic rings. The fourth-order valence-electron chi connectivity index (χ4n) is 4.91. The first kappa shape index (κ1) is 21.1. The second-order valence-corrected chi connectivity index (χ2v) is 8.96. The van der Waals surface area contributed by atoms with E-state index in [1.54, 1.807) is 4.68 Å². The number of ether oxygens (including phenoxy) is 1. The number of alkyl halides is 1. The van der Waals surface area contributed by atoms with Crippen LogP contribution in [0.1, 0.15) is 29.9 Å². The van der Waals surface area contributed by atoms with Crippen LogP contribution in [0, 0.1) is 6.92 Å². The Labute approximate surface area is 186 Å². The second kappa shape index (κ2) is 8.29. The highest BCUT2D eigenvalue weighted by molar-refractivity contribution is 5.82. The second-order valence-electron chi connectivity index (χ2n) is 8.96. The molecule has 0 spiro atoms. The topological polar surface area (TPSA) is 79.5 Å². The van der Waals surface area contributed by atoms with Crippen molar-refractivity contribution in [1.82, 2.24) is 24.6 Å². The van der Waals surface area contributed by atoms with E-state index in [0.29, 0.717) is 31.1 Å². The third kappa shape index (κ3) is 3.80. The lowest BCUT2D eigenvalue weighted by Gasteiger charge is -2.33. The number of hydrogen-bond acceptors (Lipinski definition) is 7. The molecule has 0 radical (unpaired) electrons. The van der Waals surface area contributed by atoms with E-state index in [2.05, 4.69) is 27.2 Å². The van der Waals surface area contributed by atoms with E-state index >= 15 is 0 Å². The molecule has 8 nitrogen and oxygen atoms in total. The van der Waals surface area contributed by atoms with Gasteiger partial charge in [0.1, 0.15) is 12.0 Å². The number of methoxy groups -OCH3 is 1. The van der Waals surface area contributed by atoms with Crippen LogP contribution in [0.4, 0.5) is 10.2 Å². The molecule has 2 saturated heterocycles. The molecule has 0 amide bonds. The summed E-state index contributed by atoms with van der Waals surface area (Å²) in [6.45, 7) is 4.63. The van der Waals surface area contributed by atoms with E-state index in [-0.39, 0.29) is 18.0 Å². The molecule has 3 atom stereocenters. The molecule has 5 rings (SSSR count). The summed E-state index contributed by atoms with van der Waals surface area (Å²) < 4.78 is 22.1. The number of benzene rings is 1. The molecular weight excluding hydrogens is 411 g/mol. The molecule has 1 unspecified atom stereocenters. The van der Waals surface area contributed by atoms with Gasteiger partial charge in [0.2, 0.25) is 0 Å². The zero-order chi connectivity index (χ0) is 22.4. The Balaban J connectivity index is 1.57. The number of aliphatic hydroxyl groups is 1. The molecule has 170 valence electrons. The van der Waals surface area contributed by atoms with E-state index in [0.717, 1.165) is 41.5 Å². The number of rotatable bonds is 4. The lowest BCUT2D eigenvalue weighted by Crippen LogP contribution is -2.38. The lowest BCUT2D eigenvalue weighted by molar-refractivity contribution is 0.139. The molecule has 2 fully saturated rings. The molecule has 1 aromatic carbocycles. The zero-order valence-corrected chi connectivity index (χ0v) is 18.7. The van der Waals surface area contributed by atoms with Gasteiger partial charge in [0.25, 0.3) is 0 Å². The molecular formula is C23H29FN6O2. The average Bonchev–Trinajstić information content (AvgIpc) is 3.39. The van der Waals surface area contributed by atoms with Gasteiger partial charge in [-0.15, -0.1) is 0 Å². The van der Waals surface area contributed by atoms with Crippen molar-refractivity contribution >= 4 is 16.7 Å². The summed E-state index contributed by atoms with van der Waals surface area (Å²) >= 11 is 0. The smallest absolute Gasteiger partial charge is 0.320 e. The number of nitrogens with zero attached hydrogens (tertiary/aromatic N) is 6. The standard InChI is InChI=1S/C23H29FN6O2/c1-14-8-15-11-25-30(20(15)9-18(14)17-5-6-28(2)13-19(17)24)22-10-21(26-23(27-22)32-3)29-7-4-16(31)12-29/h8-11,16-17,19,31H,4-7,12-13H2,1-3H3/t16?,17-,19+/m0/s1. The zero-order valence-electron chi connectivity index (χ0n) is 18.7. The average molecular weight is 441 g/mol. The molecule has 4 heterocycles. The van der Waals surface area contributed by atoms with Gasteiger partial charge in [-0.2, -0.15) is 15.1 Å². The van der Waals surface area contributed by atoms with Gasteiger partial charge in [0.05, 0.1) is 24.9 Å².